The van der Waals surface area contributed by atoms with Crippen LogP contribution in [0.25, 0.3) is 0 Å². The van der Waals surface area contributed by atoms with Gasteiger partial charge in [-0.2, -0.15) is 11.8 Å². The summed E-state index contributed by atoms with van der Waals surface area (Å²) < 4.78 is 35.3. The molecule has 0 unspecified atom stereocenters. The number of fused-ring (bicyclic) bond motifs is 3. The first kappa shape index (κ1) is 23.5. The first-order chi connectivity index (χ1) is 17.4. The molecule has 0 radical (unpaired) electrons. The molecular weight excluding hydrogens is 488 g/mol. The molecule has 3 aromatic rings. The van der Waals surface area contributed by atoms with Crippen LogP contribution in [0.2, 0.25) is 0 Å². The van der Waals surface area contributed by atoms with Gasteiger partial charge in [-0.15, -0.1) is 0 Å². The Kier molecular flexibility index (Phi) is 6.00. The van der Waals surface area contributed by atoms with Crippen LogP contribution in [0, 0.1) is 19.8 Å². The molecule has 0 bridgehead atoms. The smallest absolute Gasteiger partial charge is 0.261 e. The van der Waals surface area contributed by atoms with Crippen molar-refractivity contribution in [3.8, 4) is 5.75 Å². The predicted octanol–water partition coefficient (Wildman–Crippen LogP) is 6.42. The van der Waals surface area contributed by atoms with Crippen LogP contribution in [0.15, 0.2) is 77.7 Å². The Hall–Kier alpha value is -2.90. The van der Waals surface area contributed by atoms with Gasteiger partial charge in [0.25, 0.3) is 10.0 Å². The Labute approximate surface area is 217 Å². The van der Waals surface area contributed by atoms with Crippen molar-refractivity contribution in [3.63, 3.8) is 0 Å². The number of thioether (sulfide) groups is 1. The number of nitrogens with one attached hydrogen (secondary N) is 2. The number of anilines is 2. The number of hydrogen-bond acceptors (Lipinski definition) is 5. The van der Waals surface area contributed by atoms with Crippen LogP contribution in [0.4, 0.5) is 11.4 Å². The van der Waals surface area contributed by atoms with Crippen LogP contribution in [-0.2, 0) is 10.0 Å². The van der Waals surface area contributed by atoms with E-state index in [1.165, 1.54) is 5.56 Å². The van der Waals surface area contributed by atoms with Crippen molar-refractivity contribution < 1.29 is 13.2 Å². The van der Waals surface area contributed by atoms with Crippen LogP contribution in [0.1, 0.15) is 40.6 Å². The molecule has 5 nitrogen and oxygen atoms in total. The molecule has 1 fully saturated rings. The molecular formula is C29H30N2O3S2. The molecule has 2 N–H and O–H groups in total. The zero-order chi connectivity index (χ0) is 24.9. The summed E-state index contributed by atoms with van der Waals surface area (Å²) in [4.78, 5) is 0.287. The monoisotopic (exact) mass is 518 g/mol. The number of hydrogen-bond donors (Lipinski definition) is 2. The molecule has 3 aromatic carbocycles. The lowest BCUT2D eigenvalue weighted by Gasteiger charge is -2.38. The first-order valence-electron chi connectivity index (χ1n) is 12.4. The molecule has 1 saturated heterocycles. The third-order valence-electron chi connectivity index (χ3n) is 7.27. The molecule has 2 aliphatic heterocycles. The van der Waals surface area contributed by atoms with Gasteiger partial charge in [0, 0.05) is 28.8 Å². The second-order valence-electron chi connectivity index (χ2n) is 10.1. The van der Waals surface area contributed by atoms with Gasteiger partial charge in [-0.05, 0) is 90.9 Å². The summed E-state index contributed by atoms with van der Waals surface area (Å²) in [5.74, 6) is 3.56. The van der Waals surface area contributed by atoms with E-state index in [2.05, 4.69) is 46.5 Å². The lowest BCUT2D eigenvalue weighted by atomic mass is 9.77. The zero-order valence-corrected chi connectivity index (χ0v) is 22.0. The highest BCUT2D eigenvalue weighted by atomic mass is 32.2. The fourth-order valence-electron chi connectivity index (χ4n) is 5.55. The molecule has 0 spiro atoms. The Morgan fingerprint density at radius 3 is 2.42 bits per heavy atom. The molecule has 7 heteroatoms. The fourth-order valence-corrected chi connectivity index (χ4v) is 7.19. The molecule has 186 valence electrons. The number of ether oxygens (including phenoxy) is 1. The molecule has 0 amide bonds. The number of benzene rings is 3. The van der Waals surface area contributed by atoms with E-state index in [9.17, 15) is 8.42 Å². The van der Waals surface area contributed by atoms with E-state index in [-0.39, 0.29) is 16.9 Å². The molecule has 3 aliphatic rings. The van der Waals surface area contributed by atoms with Crippen LogP contribution in [0.5, 0.6) is 5.75 Å². The SMILES string of the molecule is Cc1cc(C)cc(NS(=O)(=O)c2ccc3c(c2)[C@H]2C=CC[C@H]2[C@@H](c2ccc(OC4CSC4)cc2)N3)c1. The molecule has 36 heavy (non-hydrogen) atoms. The second kappa shape index (κ2) is 9.20. The maximum atomic E-state index is 13.3. The minimum atomic E-state index is -3.70. The molecule has 0 aromatic heterocycles. The lowest BCUT2D eigenvalue weighted by Crippen LogP contribution is -2.31. The molecule has 0 saturated carbocycles. The summed E-state index contributed by atoms with van der Waals surface area (Å²) in [6.45, 7) is 3.93. The van der Waals surface area contributed by atoms with E-state index in [0.29, 0.717) is 17.7 Å². The number of sulfonamides is 1. The first-order valence-corrected chi connectivity index (χ1v) is 15.0. The maximum absolute atomic E-state index is 13.3. The van der Waals surface area contributed by atoms with E-state index in [1.54, 1.807) is 6.07 Å². The van der Waals surface area contributed by atoms with E-state index >= 15 is 0 Å². The van der Waals surface area contributed by atoms with E-state index in [1.807, 2.05) is 55.9 Å². The average molecular weight is 519 g/mol. The summed E-state index contributed by atoms with van der Waals surface area (Å²) in [7, 11) is -3.70. The zero-order valence-electron chi connectivity index (χ0n) is 20.4. The van der Waals surface area contributed by atoms with Crippen molar-refractivity contribution >= 4 is 33.2 Å². The quantitative estimate of drug-likeness (QED) is 0.368. The topological polar surface area (TPSA) is 67.4 Å². The van der Waals surface area contributed by atoms with Gasteiger partial charge >= 0.3 is 0 Å². The molecule has 3 atom stereocenters. The lowest BCUT2D eigenvalue weighted by molar-refractivity contribution is 0.240. The third kappa shape index (κ3) is 4.50. The van der Waals surface area contributed by atoms with Crippen LogP contribution < -0.4 is 14.8 Å². The molecule has 1 aliphatic carbocycles. The summed E-state index contributed by atoms with van der Waals surface area (Å²) in [6, 6.07) is 19.8. The summed E-state index contributed by atoms with van der Waals surface area (Å²) in [6.07, 6.45) is 5.74. The summed E-state index contributed by atoms with van der Waals surface area (Å²) >= 11 is 1.91. The minimum absolute atomic E-state index is 0.154. The van der Waals surface area contributed by atoms with Gasteiger partial charge in [0.2, 0.25) is 0 Å². The van der Waals surface area contributed by atoms with Crippen molar-refractivity contribution in [1.29, 1.82) is 0 Å². The number of aryl methyl sites for hydroxylation is 2. The minimum Gasteiger partial charge on any atom is -0.489 e. The summed E-state index contributed by atoms with van der Waals surface area (Å²) in [5, 5.41) is 3.71. The average Bonchev–Trinajstić information content (AvgIpc) is 3.30. The Balaban J connectivity index is 1.26. The van der Waals surface area contributed by atoms with Crippen molar-refractivity contribution in [1.82, 2.24) is 0 Å². The number of allylic oxidation sites excluding steroid dienone is 2. The van der Waals surface area contributed by atoms with Gasteiger partial charge in [-0.3, -0.25) is 4.72 Å². The van der Waals surface area contributed by atoms with Gasteiger partial charge in [0.05, 0.1) is 10.9 Å². The second-order valence-corrected chi connectivity index (χ2v) is 12.8. The van der Waals surface area contributed by atoms with Crippen LogP contribution in [-0.4, -0.2) is 26.0 Å². The van der Waals surface area contributed by atoms with Crippen LogP contribution >= 0.6 is 11.8 Å². The maximum Gasteiger partial charge on any atom is 0.261 e. The highest BCUT2D eigenvalue weighted by Crippen LogP contribution is 2.50. The Bertz CT molecular complexity index is 1410. The molecule has 2 heterocycles. The third-order valence-corrected chi connectivity index (χ3v) is 9.86. The van der Waals surface area contributed by atoms with E-state index < -0.39 is 10.0 Å². The molecule has 6 rings (SSSR count). The van der Waals surface area contributed by atoms with Crippen LogP contribution in [0.3, 0.4) is 0 Å². The van der Waals surface area contributed by atoms with Crippen molar-refractivity contribution in [2.45, 2.75) is 43.2 Å². The van der Waals surface area contributed by atoms with Gasteiger partial charge < -0.3 is 10.1 Å². The largest absolute Gasteiger partial charge is 0.489 e. The van der Waals surface area contributed by atoms with Gasteiger partial charge in [0.15, 0.2) is 0 Å². The highest BCUT2D eigenvalue weighted by molar-refractivity contribution is 8.00. The van der Waals surface area contributed by atoms with Gasteiger partial charge in [0.1, 0.15) is 11.9 Å². The Morgan fingerprint density at radius 2 is 1.72 bits per heavy atom. The van der Waals surface area contributed by atoms with Gasteiger partial charge in [-0.25, -0.2) is 8.42 Å². The standard InChI is InChI=1S/C29H30N2O3S2/c1-18-12-19(2)14-21(13-18)31-36(32,33)24-10-11-28-27(15-24)25-4-3-5-26(25)29(30-28)20-6-8-22(9-7-20)34-23-16-35-17-23/h3-4,6-15,23,25-26,29-31H,5,16-17H2,1-2H3/t25-,26+,29+/m0/s1. The summed E-state index contributed by atoms with van der Waals surface area (Å²) in [5.41, 5.74) is 5.89. The van der Waals surface area contributed by atoms with Crippen molar-refractivity contribution in [2.75, 3.05) is 21.5 Å². The van der Waals surface area contributed by atoms with Crippen molar-refractivity contribution in [3.05, 3.63) is 95.1 Å². The van der Waals surface area contributed by atoms with Crippen molar-refractivity contribution in [2.24, 2.45) is 5.92 Å². The van der Waals surface area contributed by atoms with E-state index in [4.69, 9.17) is 4.74 Å². The Morgan fingerprint density at radius 1 is 0.972 bits per heavy atom. The van der Waals surface area contributed by atoms with E-state index in [0.717, 1.165) is 46.1 Å². The fraction of sp³-hybridized carbons (Fsp3) is 0.310. The highest BCUT2D eigenvalue weighted by Gasteiger charge is 2.38. The number of rotatable bonds is 6. The normalized spacial score (nSPS) is 22.8. The van der Waals surface area contributed by atoms with Gasteiger partial charge in [-0.1, -0.05) is 30.4 Å². The predicted molar refractivity (Wildman–Crippen MR) is 148 cm³/mol.